The Balaban J connectivity index is 1.89. The molecule has 0 spiro atoms. The van der Waals surface area contributed by atoms with Gasteiger partial charge in [-0.2, -0.15) is 0 Å². The lowest BCUT2D eigenvalue weighted by atomic mass is 10.2. The van der Waals surface area contributed by atoms with Crippen molar-refractivity contribution in [1.82, 2.24) is 5.32 Å². The minimum atomic E-state index is 0.739. The Bertz CT molecular complexity index is 589. The molecule has 0 aliphatic rings. The minimum absolute atomic E-state index is 0.739. The topological polar surface area (TPSA) is 21.3 Å². The van der Waals surface area contributed by atoms with Crippen LogP contribution in [0.2, 0.25) is 5.02 Å². The lowest BCUT2D eigenvalue weighted by Gasteiger charge is -2.10. The zero-order valence-corrected chi connectivity index (χ0v) is 14.4. The van der Waals surface area contributed by atoms with Crippen LogP contribution in [0.4, 0.5) is 0 Å². The second-order valence-corrected chi connectivity index (χ2v) is 6.07. The van der Waals surface area contributed by atoms with Crippen LogP contribution >= 0.6 is 27.5 Å². The van der Waals surface area contributed by atoms with Crippen molar-refractivity contribution in [2.75, 3.05) is 6.61 Å². The third kappa shape index (κ3) is 5.03. The number of hydrogen-bond donors (Lipinski definition) is 1. The van der Waals surface area contributed by atoms with Gasteiger partial charge in [-0.15, -0.1) is 0 Å². The molecule has 0 saturated heterocycles. The van der Waals surface area contributed by atoms with Crippen LogP contribution in [0.1, 0.15) is 24.5 Å². The van der Waals surface area contributed by atoms with Gasteiger partial charge in [-0.05, 0) is 51.7 Å². The lowest BCUT2D eigenvalue weighted by Crippen LogP contribution is -2.13. The zero-order chi connectivity index (χ0) is 15.1. The highest BCUT2D eigenvalue weighted by Gasteiger charge is 2.03. The molecule has 0 amide bonds. The zero-order valence-electron chi connectivity index (χ0n) is 12.0. The molecule has 21 heavy (non-hydrogen) atoms. The molecular weight excluding hydrogens is 350 g/mol. The highest BCUT2D eigenvalue weighted by molar-refractivity contribution is 9.10. The Hall–Kier alpha value is -1.03. The minimum Gasteiger partial charge on any atom is -0.492 e. The van der Waals surface area contributed by atoms with Gasteiger partial charge in [0, 0.05) is 18.1 Å². The van der Waals surface area contributed by atoms with Crippen LogP contribution in [0.15, 0.2) is 46.9 Å². The Morgan fingerprint density at radius 3 is 2.67 bits per heavy atom. The van der Waals surface area contributed by atoms with Crippen molar-refractivity contribution in [3.63, 3.8) is 0 Å². The molecule has 0 aromatic heterocycles. The molecule has 2 aromatic carbocycles. The summed E-state index contributed by atoms with van der Waals surface area (Å²) in [5.41, 5.74) is 2.32. The first-order chi connectivity index (χ1) is 10.2. The summed E-state index contributed by atoms with van der Waals surface area (Å²) in [4.78, 5) is 0. The van der Waals surface area contributed by atoms with E-state index in [-0.39, 0.29) is 0 Å². The molecule has 4 heteroatoms. The molecule has 2 nitrogen and oxygen atoms in total. The van der Waals surface area contributed by atoms with E-state index in [0.29, 0.717) is 0 Å². The highest BCUT2D eigenvalue weighted by atomic mass is 79.9. The summed E-state index contributed by atoms with van der Waals surface area (Å²) in [5.74, 6) is 0.895. The average molecular weight is 369 g/mol. The first-order valence-electron chi connectivity index (χ1n) is 7.06. The van der Waals surface area contributed by atoms with E-state index in [0.717, 1.165) is 46.9 Å². The van der Waals surface area contributed by atoms with Crippen LogP contribution in [-0.4, -0.2) is 6.61 Å². The van der Waals surface area contributed by atoms with E-state index >= 15 is 0 Å². The van der Waals surface area contributed by atoms with Crippen molar-refractivity contribution in [3.05, 3.63) is 63.1 Å². The molecule has 2 rings (SSSR count). The standard InChI is InChI=1S/C17H19BrClNO/c1-2-9-21-17-8-7-13(10-15(17)18)11-20-12-14-5-3-4-6-16(14)19/h3-8,10,20H,2,9,11-12H2,1H3. The molecule has 0 aliphatic heterocycles. The van der Waals surface area contributed by atoms with Gasteiger partial charge in [0.05, 0.1) is 11.1 Å². The predicted molar refractivity (Wildman–Crippen MR) is 91.9 cm³/mol. The van der Waals surface area contributed by atoms with Crippen LogP contribution in [0.25, 0.3) is 0 Å². The summed E-state index contributed by atoms with van der Waals surface area (Å²) < 4.78 is 6.64. The summed E-state index contributed by atoms with van der Waals surface area (Å²) >= 11 is 9.69. The fraction of sp³-hybridized carbons (Fsp3) is 0.294. The van der Waals surface area contributed by atoms with Crippen LogP contribution in [-0.2, 0) is 13.1 Å². The third-order valence-corrected chi connectivity index (χ3v) is 4.05. The molecule has 2 aromatic rings. The quantitative estimate of drug-likeness (QED) is 0.727. The summed E-state index contributed by atoms with van der Waals surface area (Å²) in [7, 11) is 0. The van der Waals surface area contributed by atoms with Gasteiger partial charge in [0.25, 0.3) is 0 Å². The van der Waals surface area contributed by atoms with Gasteiger partial charge >= 0.3 is 0 Å². The van der Waals surface area contributed by atoms with Crippen molar-refractivity contribution in [1.29, 1.82) is 0 Å². The second kappa shape index (κ2) is 8.42. The molecule has 0 radical (unpaired) electrons. The third-order valence-electron chi connectivity index (χ3n) is 3.06. The first-order valence-corrected chi connectivity index (χ1v) is 8.23. The first kappa shape index (κ1) is 16.3. The largest absolute Gasteiger partial charge is 0.492 e. The normalized spacial score (nSPS) is 10.6. The van der Waals surface area contributed by atoms with E-state index in [1.165, 1.54) is 5.56 Å². The number of halogens is 2. The van der Waals surface area contributed by atoms with Crippen LogP contribution in [0.3, 0.4) is 0 Å². The fourth-order valence-electron chi connectivity index (χ4n) is 1.97. The van der Waals surface area contributed by atoms with Gasteiger partial charge in [-0.1, -0.05) is 42.8 Å². The highest BCUT2D eigenvalue weighted by Crippen LogP contribution is 2.26. The van der Waals surface area contributed by atoms with Gasteiger partial charge < -0.3 is 10.1 Å². The summed E-state index contributed by atoms with van der Waals surface area (Å²) in [6.45, 7) is 4.38. The number of hydrogen-bond acceptors (Lipinski definition) is 2. The molecule has 1 N–H and O–H groups in total. The van der Waals surface area contributed by atoms with Gasteiger partial charge in [-0.3, -0.25) is 0 Å². The Labute approximate surface area is 139 Å². The van der Waals surface area contributed by atoms with Crippen molar-refractivity contribution in [2.24, 2.45) is 0 Å². The summed E-state index contributed by atoms with van der Waals surface area (Å²) in [5, 5.41) is 4.20. The predicted octanol–water partition coefficient (Wildman–Crippen LogP) is 5.18. The number of benzene rings is 2. The maximum atomic E-state index is 6.14. The maximum absolute atomic E-state index is 6.14. The Morgan fingerprint density at radius 2 is 1.95 bits per heavy atom. The van der Waals surface area contributed by atoms with E-state index in [2.05, 4.69) is 40.3 Å². The molecule has 0 heterocycles. The van der Waals surface area contributed by atoms with Crippen molar-refractivity contribution in [2.45, 2.75) is 26.4 Å². The van der Waals surface area contributed by atoms with E-state index in [9.17, 15) is 0 Å². The molecule has 0 saturated carbocycles. The smallest absolute Gasteiger partial charge is 0.133 e. The summed E-state index contributed by atoms with van der Waals surface area (Å²) in [6.07, 6.45) is 1.01. The van der Waals surface area contributed by atoms with E-state index < -0.39 is 0 Å². The van der Waals surface area contributed by atoms with Gasteiger partial charge in [0.1, 0.15) is 5.75 Å². The molecular formula is C17H19BrClNO. The molecule has 112 valence electrons. The molecule has 0 bridgehead atoms. The van der Waals surface area contributed by atoms with Gasteiger partial charge in [0.2, 0.25) is 0 Å². The van der Waals surface area contributed by atoms with Crippen molar-refractivity contribution in [3.8, 4) is 5.75 Å². The van der Waals surface area contributed by atoms with Crippen LogP contribution in [0, 0.1) is 0 Å². The van der Waals surface area contributed by atoms with E-state index in [1.807, 2.05) is 30.3 Å². The molecule has 0 atom stereocenters. The SMILES string of the molecule is CCCOc1ccc(CNCc2ccccc2Cl)cc1Br. The number of rotatable bonds is 7. The molecule has 0 unspecified atom stereocenters. The van der Waals surface area contributed by atoms with E-state index in [1.54, 1.807) is 0 Å². The van der Waals surface area contributed by atoms with Gasteiger partial charge in [0.15, 0.2) is 0 Å². The fourth-order valence-corrected chi connectivity index (χ4v) is 2.71. The lowest BCUT2D eigenvalue weighted by molar-refractivity contribution is 0.315. The van der Waals surface area contributed by atoms with Gasteiger partial charge in [-0.25, -0.2) is 0 Å². The average Bonchev–Trinajstić information content (AvgIpc) is 2.48. The number of nitrogens with one attached hydrogen (secondary N) is 1. The Morgan fingerprint density at radius 1 is 1.14 bits per heavy atom. The number of ether oxygens (including phenoxy) is 1. The monoisotopic (exact) mass is 367 g/mol. The van der Waals surface area contributed by atoms with Crippen molar-refractivity contribution < 1.29 is 4.74 Å². The molecule has 0 aliphatic carbocycles. The maximum Gasteiger partial charge on any atom is 0.133 e. The molecule has 0 fully saturated rings. The van der Waals surface area contributed by atoms with Crippen LogP contribution in [0.5, 0.6) is 5.75 Å². The Kier molecular flexibility index (Phi) is 6.55. The van der Waals surface area contributed by atoms with Crippen molar-refractivity contribution >= 4 is 27.5 Å². The second-order valence-electron chi connectivity index (χ2n) is 4.81. The summed E-state index contributed by atoms with van der Waals surface area (Å²) in [6, 6.07) is 14.1. The van der Waals surface area contributed by atoms with Crippen LogP contribution < -0.4 is 10.1 Å². The van der Waals surface area contributed by atoms with E-state index in [4.69, 9.17) is 16.3 Å².